The Bertz CT molecular complexity index is 264. The van der Waals surface area contributed by atoms with Crippen LogP contribution >= 0.6 is 0 Å². The Morgan fingerprint density at radius 3 is 3.00 bits per heavy atom. The van der Waals surface area contributed by atoms with Gasteiger partial charge in [-0.3, -0.25) is 0 Å². The molecule has 1 aromatic heterocycles. The van der Waals surface area contributed by atoms with E-state index in [1.165, 1.54) is 32.1 Å². The molecular formula is C13H21NO. The summed E-state index contributed by atoms with van der Waals surface area (Å²) in [6, 6.07) is 4.49. The van der Waals surface area contributed by atoms with Gasteiger partial charge in [-0.2, -0.15) is 0 Å². The zero-order valence-electron chi connectivity index (χ0n) is 9.54. The van der Waals surface area contributed by atoms with E-state index in [0.29, 0.717) is 6.04 Å². The molecule has 0 radical (unpaired) electrons. The first-order chi connectivity index (χ1) is 7.40. The fourth-order valence-corrected chi connectivity index (χ4v) is 1.96. The van der Waals surface area contributed by atoms with Crippen LogP contribution in [0.5, 0.6) is 0 Å². The van der Waals surface area contributed by atoms with Crippen molar-refractivity contribution in [3.05, 3.63) is 24.2 Å². The van der Waals surface area contributed by atoms with Gasteiger partial charge in [-0.15, -0.1) is 0 Å². The van der Waals surface area contributed by atoms with Gasteiger partial charge in [0, 0.05) is 0 Å². The second-order valence-corrected chi connectivity index (χ2v) is 4.54. The molecule has 1 N–H and O–H groups in total. The molecule has 1 aliphatic rings. The predicted octanol–water partition coefficient (Wildman–Crippen LogP) is 3.51. The molecule has 0 amide bonds. The molecule has 2 nitrogen and oxygen atoms in total. The summed E-state index contributed by atoms with van der Waals surface area (Å²) in [7, 11) is 0. The summed E-state index contributed by atoms with van der Waals surface area (Å²) in [6.45, 7) is 3.28. The summed E-state index contributed by atoms with van der Waals surface area (Å²) in [4.78, 5) is 0. The van der Waals surface area contributed by atoms with Crippen LogP contribution in [0, 0.1) is 5.92 Å². The highest BCUT2D eigenvalue weighted by molar-refractivity contribution is 5.04. The van der Waals surface area contributed by atoms with Crippen molar-refractivity contribution in [2.45, 2.75) is 45.1 Å². The lowest BCUT2D eigenvalue weighted by Gasteiger charge is -2.15. The summed E-state index contributed by atoms with van der Waals surface area (Å²) in [5, 5.41) is 3.56. The molecule has 15 heavy (non-hydrogen) atoms. The third kappa shape index (κ3) is 3.38. The lowest BCUT2D eigenvalue weighted by Crippen LogP contribution is -2.21. The highest BCUT2D eigenvalue weighted by atomic mass is 16.3. The highest BCUT2D eigenvalue weighted by Gasteiger charge is 2.23. The average Bonchev–Trinajstić information content (AvgIpc) is 2.92. The molecule has 84 valence electrons. The van der Waals surface area contributed by atoms with Crippen molar-refractivity contribution in [3.63, 3.8) is 0 Å². The maximum atomic E-state index is 5.48. The first kappa shape index (κ1) is 10.7. The minimum atomic E-state index is 0.431. The molecular weight excluding hydrogens is 186 g/mol. The average molecular weight is 207 g/mol. The normalized spacial score (nSPS) is 17.9. The Balaban J connectivity index is 1.83. The van der Waals surface area contributed by atoms with E-state index in [-0.39, 0.29) is 0 Å². The number of furan rings is 1. The van der Waals surface area contributed by atoms with E-state index >= 15 is 0 Å². The summed E-state index contributed by atoms with van der Waals surface area (Å²) >= 11 is 0. The zero-order valence-corrected chi connectivity index (χ0v) is 9.54. The Morgan fingerprint density at radius 1 is 1.53 bits per heavy atom. The smallest absolute Gasteiger partial charge is 0.120 e. The van der Waals surface area contributed by atoms with Crippen molar-refractivity contribution < 1.29 is 4.42 Å². The molecule has 1 saturated carbocycles. The van der Waals surface area contributed by atoms with Gasteiger partial charge in [-0.05, 0) is 43.9 Å². The maximum Gasteiger partial charge on any atom is 0.120 e. The fraction of sp³-hybridized carbons (Fsp3) is 0.692. The third-order valence-electron chi connectivity index (χ3n) is 3.09. The predicted molar refractivity (Wildman–Crippen MR) is 61.7 cm³/mol. The first-order valence-electron chi connectivity index (χ1n) is 6.17. The van der Waals surface area contributed by atoms with E-state index in [0.717, 1.165) is 18.2 Å². The Labute approximate surface area is 92.1 Å². The molecule has 2 rings (SSSR count). The fourth-order valence-electron chi connectivity index (χ4n) is 1.96. The van der Waals surface area contributed by atoms with Crippen molar-refractivity contribution in [3.8, 4) is 0 Å². The van der Waals surface area contributed by atoms with Gasteiger partial charge >= 0.3 is 0 Å². The van der Waals surface area contributed by atoms with Crippen LogP contribution in [0.1, 0.15) is 50.8 Å². The number of hydrogen-bond acceptors (Lipinski definition) is 2. The van der Waals surface area contributed by atoms with E-state index in [1.54, 1.807) is 6.26 Å². The molecule has 1 heterocycles. The van der Waals surface area contributed by atoms with Crippen molar-refractivity contribution in [2.24, 2.45) is 5.92 Å². The van der Waals surface area contributed by atoms with E-state index in [1.807, 2.05) is 6.07 Å². The Kier molecular flexibility index (Phi) is 3.84. The lowest BCUT2D eigenvalue weighted by molar-refractivity contribution is 0.383. The third-order valence-corrected chi connectivity index (χ3v) is 3.09. The van der Waals surface area contributed by atoms with Crippen molar-refractivity contribution in [1.29, 1.82) is 0 Å². The van der Waals surface area contributed by atoms with E-state index in [9.17, 15) is 0 Å². The molecule has 0 aliphatic heterocycles. The molecule has 0 saturated heterocycles. The van der Waals surface area contributed by atoms with E-state index in [2.05, 4.69) is 18.3 Å². The second kappa shape index (κ2) is 5.36. The number of nitrogens with one attached hydrogen (secondary N) is 1. The van der Waals surface area contributed by atoms with Gasteiger partial charge in [-0.25, -0.2) is 0 Å². The lowest BCUT2D eigenvalue weighted by atomic mass is 10.1. The summed E-state index contributed by atoms with van der Waals surface area (Å²) < 4.78 is 5.48. The van der Waals surface area contributed by atoms with Gasteiger partial charge in [0.15, 0.2) is 0 Å². The molecule has 1 fully saturated rings. The number of rotatable bonds is 7. The van der Waals surface area contributed by atoms with Crippen LogP contribution in [-0.2, 0) is 0 Å². The largest absolute Gasteiger partial charge is 0.468 e. The van der Waals surface area contributed by atoms with Crippen molar-refractivity contribution in [2.75, 3.05) is 6.54 Å². The minimum absolute atomic E-state index is 0.431. The Hall–Kier alpha value is -0.760. The van der Waals surface area contributed by atoms with Gasteiger partial charge in [0.25, 0.3) is 0 Å². The first-order valence-corrected chi connectivity index (χ1v) is 6.17. The molecule has 2 heteroatoms. The maximum absolute atomic E-state index is 5.48. The summed E-state index contributed by atoms with van der Waals surface area (Å²) in [5.41, 5.74) is 0. The van der Waals surface area contributed by atoms with E-state index < -0.39 is 0 Å². The van der Waals surface area contributed by atoms with Crippen LogP contribution in [0.2, 0.25) is 0 Å². The van der Waals surface area contributed by atoms with Gasteiger partial charge in [0.1, 0.15) is 5.76 Å². The molecule has 0 spiro atoms. The Morgan fingerprint density at radius 2 is 2.40 bits per heavy atom. The van der Waals surface area contributed by atoms with Gasteiger partial charge < -0.3 is 9.73 Å². The zero-order chi connectivity index (χ0) is 10.5. The molecule has 1 aromatic rings. The summed E-state index contributed by atoms with van der Waals surface area (Å²) in [6.07, 6.45) is 8.41. The quantitative estimate of drug-likeness (QED) is 0.740. The van der Waals surface area contributed by atoms with Gasteiger partial charge in [0.05, 0.1) is 12.3 Å². The van der Waals surface area contributed by atoms with Crippen LogP contribution in [-0.4, -0.2) is 6.54 Å². The molecule has 0 bridgehead atoms. The van der Waals surface area contributed by atoms with Crippen LogP contribution in [0.3, 0.4) is 0 Å². The topological polar surface area (TPSA) is 25.2 Å². The van der Waals surface area contributed by atoms with Crippen LogP contribution in [0.25, 0.3) is 0 Å². The monoisotopic (exact) mass is 207 g/mol. The highest BCUT2D eigenvalue weighted by Crippen LogP contribution is 2.35. The molecule has 1 aliphatic carbocycles. The van der Waals surface area contributed by atoms with Gasteiger partial charge in [-0.1, -0.05) is 19.8 Å². The van der Waals surface area contributed by atoms with Crippen LogP contribution in [0.4, 0.5) is 0 Å². The van der Waals surface area contributed by atoms with Crippen molar-refractivity contribution >= 4 is 0 Å². The molecule has 1 unspecified atom stereocenters. The van der Waals surface area contributed by atoms with Crippen LogP contribution in [0.15, 0.2) is 22.8 Å². The van der Waals surface area contributed by atoms with Crippen molar-refractivity contribution in [1.82, 2.24) is 5.32 Å². The standard InChI is InChI=1S/C13H21NO/c1-2-9-14-12(8-7-11-5-6-11)13-4-3-10-15-13/h3-4,10-12,14H,2,5-9H2,1H3. The molecule has 1 atom stereocenters. The molecule has 0 aromatic carbocycles. The summed E-state index contributed by atoms with van der Waals surface area (Å²) in [5.74, 6) is 2.11. The minimum Gasteiger partial charge on any atom is -0.468 e. The van der Waals surface area contributed by atoms with Gasteiger partial charge in [0.2, 0.25) is 0 Å². The second-order valence-electron chi connectivity index (χ2n) is 4.54. The SMILES string of the molecule is CCCNC(CCC1CC1)c1ccco1. The number of hydrogen-bond donors (Lipinski definition) is 1. The van der Waals surface area contributed by atoms with Crippen LogP contribution < -0.4 is 5.32 Å². The van der Waals surface area contributed by atoms with E-state index in [4.69, 9.17) is 4.42 Å².